The minimum absolute atomic E-state index is 0.527. The van der Waals surface area contributed by atoms with Crippen molar-refractivity contribution in [2.24, 2.45) is 0 Å². The molecule has 1 aliphatic heterocycles. The Morgan fingerprint density at radius 2 is 1.95 bits per heavy atom. The summed E-state index contributed by atoms with van der Waals surface area (Å²) >= 11 is 0. The Morgan fingerprint density at radius 1 is 1.05 bits per heavy atom. The van der Waals surface area contributed by atoms with E-state index in [9.17, 15) is 0 Å². The first-order valence-electron chi connectivity index (χ1n) is 7.29. The van der Waals surface area contributed by atoms with Crippen molar-refractivity contribution < 1.29 is 4.42 Å². The highest BCUT2D eigenvalue weighted by Gasteiger charge is 2.13. The molecule has 0 aliphatic carbocycles. The van der Waals surface area contributed by atoms with Crippen molar-refractivity contribution in [2.45, 2.75) is 18.9 Å². The average molecular weight is 266 g/mol. The van der Waals surface area contributed by atoms with Gasteiger partial charge in [0.05, 0.1) is 0 Å². The minimum atomic E-state index is 0.527. The molecular formula is C17H18N2O. The van der Waals surface area contributed by atoms with Crippen molar-refractivity contribution in [3.63, 3.8) is 0 Å². The van der Waals surface area contributed by atoms with Crippen LogP contribution < -0.4 is 10.6 Å². The molecule has 0 bridgehead atoms. The lowest BCUT2D eigenvalue weighted by Crippen LogP contribution is -2.38. The first-order chi connectivity index (χ1) is 9.90. The lowest BCUT2D eigenvalue weighted by atomic mass is 10.1. The predicted molar refractivity (Wildman–Crippen MR) is 83.2 cm³/mol. The molecule has 20 heavy (non-hydrogen) atoms. The monoisotopic (exact) mass is 266 g/mol. The maximum Gasteiger partial charge on any atom is 0.135 e. The zero-order chi connectivity index (χ0) is 13.4. The quantitative estimate of drug-likeness (QED) is 0.741. The van der Waals surface area contributed by atoms with Crippen LogP contribution in [0.25, 0.3) is 21.9 Å². The van der Waals surface area contributed by atoms with Crippen LogP contribution in [-0.4, -0.2) is 19.1 Å². The molecule has 1 unspecified atom stereocenters. The summed E-state index contributed by atoms with van der Waals surface area (Å²) in [6.07, 6.45) is 2.48. The first kappa shape index (κ1) is 11.8. The van der Waals surface area contributed by atoms with Crippen molar-refractivity contribution in [3.8, 4) is 0 Å². The zero-order valence-electron chi connectivity index (χ0n) is 11.4. The summed E-state index contributed by atoms with van der Waals surface area (Å²) in [6, 6.07) is 15.1. The van der Waals surface area contributed by atoms with Gasteiger partial charge in [0.1, 0.15) is 11.2 Å². The summed E-state index contributed by atoms with van der Waals surface area (Å²) in [6.45, 7) is 2.19. The standard InChI is InChI=1S/C17H18N2O/c1-2-6-16-14(5-1)15-10-12(7-8-17(15)20-16)19-13-4-3-9-18-11-13/h1-2,5-8,10,13,18-19H,3-4,9,11H2. The highest BCUT2D eigenvalue weighted by Crippen LogP contribution is 2.30. The van der Waals surface area contributed by atoms with Crippen molar-refractivity contribution in [1.82, 2.24) is 5.32 Å². The number of furan rings is 1. The summed E-state index contributed by atoms with van der Waals surface area (Å²) in [4.78, 5) is 0. The molecule has 2 aromatic carbocycles. The van der Waals surface area contributed by atoms with Gasteiger partial charge in [0.25, 0.3) is 0 Å². The van der Waals surface area contributed by atoms with Gasteiger partial charge in [-0.15, -0.1) is 0 Å². The van der Waals surface area contributed by atoms with E-state index in [1.807, 2.05) is 12.1 Å². The number of fused-ring (bicyclic) bond motifs is 3. The highest BCUT2D eigenvalue weighted by molar-refractivity contribution is 6.05. The van der Waals surface area contributed by atoms with E-state index in [0.717, 1.165) is 24.3 Å². The van der Waals surface area contributed by atoms with Crippen LogP contribution in [0.5, 0.6) is 0 Å². The van der Waals surface area contributed by atoms with Gasteiger partial charge in [0.2, 0.25) is 0 Å². The normalized spacial score (nSPS) is 19.5. The number of piperidine rings is 1. The SMILES string of the molecule is c1ccc2c(c1)oc1ccc(NC3CCCNC3)cc12. The molecule has 0 amide bonds. The summed E-state index contributed by atoms with van der Waals surface area (Å²) in [5.74, 6) is 0. The maximum absolute atomic E-state index is 5.86. The summed E-state index contributed by atoms with van der Waals surface area (Å²) < 4.78 is 5.86. The Kier molecular flexibility index (Phi) is 2.85. The van der Waals surface area contributed by atoms with Gasteiger partial charge < -0.3 is 15.1 Å². The second kappa shape index (κ2) is 4.84. The fraction of sp³-hybridized carbons (Fsp3) is 0.294. The third-order valence-corrected chi connectivity index (χ3v) is 4.04. The average Bonchev–Trinajstić information content (AvgIpc) is 2.86. The van der Waals surface area contributed by atoms with E-state index in [2.05, 4.69) is 41.0 Å². The van der Waals surface area contributed by atoms with Gasteiger partial charge in [-0.05, 0) is 43.7 Å². The minimum Gasteiger partial charge on any atom is -0.456 e. The Bertz CT molecular complexity index is 741. The maximum atomic E-state index is 5.86. The van der Waals surface area contributed by atoms with Crippen LogP contribution in [0.15, 0.2) is 46.9 Å². The Morgan fingerprint density at radius 3 is 2.85 bits per heavy atom. The van der Waals surface area contributed by atoms with Crippen LogP contribution in [-0.2, 0) is 0 Å². The van der Waals surface area contributed by atoms with Gasteiger partial charge in [-0.3, -0.25) is 0 Å². The second-order valence-corrected chi connectivity index (χ2v) is 5.50. The second-order valence-electron chi connectivity index (χ2n) is 5.50. The fourth-order valence-electron chi connectivity index (χ4n) is 3.03. The van der Waals surface area contributed by atoms with Crippen LogP contribution in [0, 0.1) is 0 Å². The van der Waals surface area contributed by atoms with E-state index in [1.54, 1.807) is 0 Å². The van der Waals surface area contributed by atoms with Crippen LogP contribution >= 0.6 is 0 Å². The van der Waals surface area contributed by atoms with Gasteiger partial charge in [-0.25, -0.2) is 0 Å². The lowest BCUT2D eigenvalue weighted by molar-refractivity contribution is 0.480. The summed E-state index contributed by atoms with van der Waals surface area (Å²) in [5.41, 5.74) is 3.09. The van der Waals surface area contributed by atoms with Gasteiger partial charge in [-0.2, -0.15) is 0 Å². The van der Waals surface area contributed by atoms with Gasteiger partial charge >= 0.3 is 0 Å². The van der Waals surface area contributed by atoms with Crippen LogP contribution in [0.2, 0.25) is 0 Å². The topological polar surface area (TPSA) is 37.2 Å². The molecule has 1 saturated heterocycles. The largest absolute Gasteiger partial charge is 0.456 e. The number of hydrogen-bond donors (Lipinski definition) is 2. The van der Waals surface area contributed by atoms with E-state index in [0.29, 0.717) is 6.04 Å². The number of benzene rings is 2. The van der Waals surface area contributed by atoms with Crippen molar-refractivity contribution in [2.75, 3.05) is 18.4 Å². The first-order valence-corrected chi connectivity index (χ1v) is 7.29. The molecule has 2 heterocycles. The van der Waals surface area contributed by atoms with E-state index in [-0.39, 0.29) is 0 Å². The number of rotatable bonds is 2. The molecule has 3 aromatic rings. The molecule has 0 saturated carbocycles. The van der Waals surface area contributed by atoms with Gasteiger partial charge in [0.15, 0.2) is 0 Å². The third-order valence-electron chi connectivity index (χ3n) is 4.04. The molecular weight excluding hydrogens is 248 g/mol. The van der Waals surface area contributed by atoms with E-state index < -0.39 is 0 Å². The van der Waals surface area contributed by atoms with Crippen molar-refractivity contribution in [1.29, 1.82) is 0 Å². The molecule has 2 N–H and O–H groups in total. The summed E-state index contributed by atoms with van der Waals surface area (Å²) in [7, 11) is 0. The van der Waals surface area contributed by atoms with Crippen molar-refractivity contribution in [3.05, 3.63) is 42.5 Å². The van der Waals surface area contributed by atoms with Gasteiger partial charge in [0, 0.05) is 29.0 Å². The molecule has 0 radical (unpaired) electrons. The molecule has 3 nitrogen and oxygen atoms in total. The van der Waals surface area contributed by atoms with E-state index >= 15 is 0 Å². The number of anilines is 1. The van der Waals surface area contributed by atoms with Crippen molar-refractivity contribution >= 4 is 27.6 Å². The number of hydrogen-bond acceptors (Lipinski definition) is 3. The smallest absolute Gasteiger partial charge is 0.135 e. The van der Waals surface area contributed by atoms with Crippen LogP contribution in [0.3, 0.4) is 0 Å². The highest BCUT2D eigenvalue weighted by atomic mass is 16.3. The molecule has 1 atom stereocenters. The lowest BCUT2D eigenvalue weighted by Gasteiger charge is -2.24. The molecule has 1 aliphatic rings. The molecule has 1 aromatic heterocycles. The molecule has 4 rings (SSSR count). The molecule has 102 valence electrons. The van der Waals surface area contributed by atoms with Crippen LogP contribution in [0.1, 0.15) is 12.8 Å². The Labute approximate surface area is 118 Å². The number of nitrogens with one attached hydrogen (secondary N) is 2. The Hall–Kier alpha value is -2.00. The predicted octanol–water partition coefficient (Wildman–Crippen LogP) is 3.75. The molecule has 0 spiro atoms. The third kappa shape index (κ3) is 2.04. The Balaban J connectivity index is 1.71. The van der Waals surface area contributed by atoms with E-state index in [4.69, 9.17) is 4.42 Å². The zero-order valence-corrected chi connectivity index (χ0v) is 11.4. The van der Waals surface area contributed by atoms with Gasteiger partial charge in [-0.1, -0.05) is 18.2 Å². The molecule has 1 fully saturated rings. The summed E-state index contributed by atoms with van der Waals surface area (Å²) in [5, 5.41) is 9.44. The molecule has 3 heteroatoms. The number of para-hydroxylation sites is 1. The van der Waals surface area contributed by atoms with Crippen LogP contribution in [0.4, 0.5) is 5.69 Å². The van der Waals surface area contributed by atoms with E-state index in [1.165, 1.54) is 29.3 Å². The fourth-order valence-corrected chi connectivity index (χ4v) is 3.03.